The summed E-state index contributed by atoms with van der Waals surface area (Å²) < 4.78 is 23.1. The van der Waals surface area contributed by atoms with E-state index in [-0.39, 0.29) is 24.0 Å². The Labute approximate surface area is 151 Å². The number of anilines is 1. The van der Waals surface area contributed by atoms with Crippen LogP contribution in [0.4, 0.5) is 5.69 Å². The highest BCUT2D eigenvalue weighted by Crippen LogP contribution is 2.25. The molecule has 0 aliphatic carbocycles. The number of carbonyl (C=O) groups excluding carboxylic acids is 2. The van der Waals surface area contributed by atoms with E-state index in [0.29, 0.717) is 28.7 Å². The second-order valence-corrected chi connectivity index (χ2v) is 8.66. The van der Waals surface area contributed by atoms with Crippen LogP contribution >= 0.6 is 23.2 Å². The molecule has 0 spiro atoms. The number of halogens is 2. The molecule has 9 heteroatoms. The lowest BCUT2D eigenvalue weighted by Crippen LogP contribution is -2.42. The fourth-order valence-corrected chi connectivity index (χ4v) is 4.75. The maximum absolute atomic E-state index is 12.3. The van der Waals surface area contributed by atoms with Gasteiger partial charge in [-0.2, -0.15) is 0 Å². The molecular weight excluding hydrogens is 375 g/mol. The first-order chi connectivity index (χ1) is 11.2. The molecule has 132 valence electrons. The second kappa shape index (κ2) is 7.72. The molecule has 24 heavy (non-hydrogen) atoms. The van der Waals surface area contributed by atoms with Gasteiger partial charge in [0, 0.05) is 17.6 Å². The fraction of sp³-hybridized carbons (Fsp3) is 0.467. The third-order valence-electron chi connectivity index (χ3n) is 3.82. The van der Waals surface area contributed by atoms with Crippen LogP contribution in [0.25, 0.3) is 0 Å². The van der Waals surface area contributed by atoms with Crippen molar-refractivity contribution in [2.75, 3.05) is 23.4 Å². The van der Waals surface area contributed by atoms with Crippen LogP contribution in [0.1, 0.15) is 19.8 Å². The molecule has 0 aromatic heterocycles. The van der Waals surface area contributed by atoms with E-state index in [1.807, 2.05) is 0 Å². The summed E-state index contributed by atoms with van der Waals surface area (Å²) in [4.78, 5) is 25.9. The lowest BCUT2D eigenvalue weighted by atomic mass is 10.2. The molecule has 1 aromatic rings. The Morgan fingerprint density at radius 2 is 2.04 bits per heavy atom. The van der Waals surface area contributed by atoms with Crippen LogP contribution in [-0.4, -0.2) is 49.2 Å². The number of nitrogens with zero attached hydrogens (tertiary/aromatic N) is 1. The first kappa shape index (κ1) is 19.0. The maximum Gasteiger partial charge on any atom is 0.233 e. The zero-order chi connectivity index (χ0) is 17.9. The van der Waals surface area contributed by atoms with Gasteiger partial charge in [-0.25, -0.2) is 8.42 Å². The molecule has 1 aliphatic rings. The van der Waals surface area contributed by atoms with Gasteiger partial charge in [0.15, 0.2) is 9.84 Å². The number of rotatable bonds is 5. The minimum absolute atomic E-state index is 0.0473. The topological polar surface area (TPSA) is 83.6 Å². The van der Waals surface area contributed by atoms with Crippen LogP contribution in [0.2, 0.25) is 10.0 Å². The van der Waals surface area contributed by atoms with Crippen LogP contribution in [0.3, 0.4) is 0 Å². The summed E-state index contributed by atoms with van der Waals surface area (Å²) in [5, 5.41) is 3.27. The minimum atomic E-state index is -3.10. The molecule has 0 saturated carbocycles. The second-order valence-electron chi connectivity index (χ2n) is 5.59. The number of hydrogen-bond acceptors (Lipinski definition) is 4. The van der Waals surface area contributed by atoms with Crippen LogP contribution in [-0.2, 0) is 19.4 Å². The summed E-state index contributed by atoms with van der Waals surface area (Å²) in [7, 11) is -3.10. The highest BCUT2D eigenvalue weighted by Gasteiger charge is 2.34. The molecule has 1 N–H and O–H groups in total. The molecule has 1 heterocycles. The van der Waals surface area contributed by atoms with Crippen molar-refractivity contribution in [3.05, 3.63) is 28.2 Å². The Morgan fingerprint density at radius 1 is 1.33 bits per heavy atom. The van der Waals surface area contributed by atoms with Crippen LogP contribution in [0.5, 0.6) is 0 Å². The normalized spacial score (nSPS) is 19.0. The SMILES string of the molecule is CCN(C(=O)CC(=O)Nc1cc(Cl)ccc1Cl)C1CCS(=O)(=O)C1. The molecule has 2 amide bonds. The van der Waals surface area contributed by atoms with Crippen LogP contribution in [0, 0.1) is 0 Å². The van der Waals surface area contributed by atoms with E-state index in [1.54, 1.807) is 19.1 Å². The van der Waals surface area contributed by atoms with Gasteiger partial charge in [0.1, 0.15) is 6.42 Å². The Balaban J connectivity index is 1.99. The van der Waals surface area contributed by atoms with Crippen molar-refractivity contribution in [1.82, 2.24) is 4.90 Å². The Morgan fingerprint density at radius 3 is 2.62 bits per heavy atom. The van der Waals surface area contributed by atoms with E-state index in [1.165, 1.54) is 11.0 Å². The van der Waals surface area contributed by atoms with Crippen molar-refractivity contribution in [3.63, 3.8) is 0 Å². The summed E-state index contributed by atoms with van der Waals surface area (Å²) in [6.07, 6.45) is 0.0247. The molecular formula is C15H18Cl2N2O4S. The number of hydrogen-bond donors (Lipinski definition) is 1. The smallest absolute Gasteiger partial charge is 0.233 e. The van der Waals surface area contributed by atoms with Crippen molar-refractivity contribution in [2.45, 2.75) is 25.8 Å². The summed E-state index contributed by atoms with van der Waals surface area (Å²) in [6.45, 7) is 2.11. The van der Waals surface area contributed by atoms with E-state index in [9.17, 15) is 18.0 Å². The Kier molecular flexibility index (Phi) is 6.11. The number of nitrogens with one attached hydrogen (secondary N) is 1. The third kappa shape index (κ3) is 4.84. The van der Waals surface area contributed by atoms with Crippen molar-refractivity contribution in [1.29, 1.82) is 0 Å². The van der Waals surface area contributed by atoms with Gasteiger partial charge in [0.05, 0.1) is 22.2 Å². The zero-order valence-corrected chi connectivity index (χ0v) is 15.4. The quantitative estimate of drug-likeness (QED) is 0.779. The zero-order valence-electron chi connectivity index (χ0n) is 13.1. The first-order valence-electron chi connectivity index (χ1n) is 7.46. The Bertz CT molecular complexity index is 752. The van der Waals surface area contributed by atoms with Gasteiger partial charge in [-0.1, -0.05) is 23.2 Å². The van der Waals surface area contributed by atoms with Gasteiger partial charge in [-0.3, -0.25) is 9.59 Å². The summed E-state index contributed by atoms with van der Waals surface area (Å²) in [5.74, 6) is -0.904. The molecule has 1 aliphatic heterocycles. The largest absolute Gasteiger partial charge is 0.338 e. The number of benzene rings is 1. The van der Waals surface area contributed by atoms with Crippen molar-refractivity contribution >= 4 is 50.5 Å². The monoisotopic (exact) mass is 392 g/mol. The van der Waals surface area contributed by atoms with Gasteiger partial charge < -0.3 is 10.2 Å². The summed E-state index contributed by atoms with van der Waals surface area (Å²) in [5.41, 5.74) is 0.327. The molecule has 1 atom stereocenters. The van der Waals surface area contributed by atoms with Gasteiger partial charge >= 0.3 is 0 Å². The van der Waals surface area contributed by atoms with E-state index in [0.717, 1.165) is 0 Å². The molecule has 6 nitrogen and oxygen atoms in total. The van der Waals surface area contributed by atoms with Crippen molar-refractivity contribution in [3.8, 4) is 0 Å². The lowest BCUT2D eigenvalue weighted by Gasteiger charge is -2.26. The van der Waals surface area contributed by atoms with E-state index in [4.69, 9.17) is 23.2 Å². The minimum Gasteiger partial charge on any atom is -0.338 e. The van der Waals surface area contributed by atoms with Gasteiger partial charge in [-0.05, 0) is 31.5 Å². The molecule has 1 fully saturated rings. The van der Waals surface area contributed by atoms with Crippen molar-refractivity contribution < 1.29 is 18.0 Å². The third-order valence-corrected chi connectivity index (χ3v) is 6.14. The van der Waals surface area contributed by atoms with Gasteiger partial charge in [0.2, 0.25) is 11.8 Å². The standard InChI is InChI=1S/C15H18Cl2N2O4S/c1-2-19(11-5-6-24(22,23)9-11)15(21)8-14(20)18-13-7-10(16)3-4-12(13)17/h3-4,7,11H,2,5-6,8-9H2,1H3,(H,18,20). The molecule has 0 radical (unpaired) electrons. The first-order valence-corrected chi connectivity index (χ1v) is 10.0. The van der Waals surface area contributed by atoms with Crippen molar-refractivity contribution in [2.24, 2.45) is 0 Å². The number of carbonyl (C=O) groups is 2. The highest BCUT2D eigenvalue weighted by molar-refractivity contribution is 7.91. The summed E-state index contributed by atoms with van der Waals surface area (Å²) in [6, 6.07) is 4.26. The lowest BCUT2D eigenvalue weighted by molar-refractivity contribution is -0.135. The van der Waals surface area contributed by atoms with Gasteiger partial charge in [0.25, 0.3) is 0 Å². The molecule has 2 rings (SSSR count). The fourth-order valence-electron chi connectivity index (χ4n) is 2.69. The average molecular weight is 393 g/mol. The van der Waals surface area contributed by atoms with Gasteiger partial charge in [-0.15, -0.1) is 0 Å². The summed E-state index contributed by atoms with van der Waals surface area (Å²) >= 11 is 11.8. The Hall–Kier alpha value is -1.31. The average Bonchev–Trinajstić information content (AvgIpc) is 2.83. The molecule has 1 unspecified atom stereocenters. The molecule has 1 aromatic carbocycles. The van der Waals surface area contributed by atoms with Crippen LogP contribution < -0.4 is 5.32 Å². The van der Waals surface area contributed by atoms with E-state index in [2.05, 4.69) is 5.32 Å². The van der Waals surface area contributed by atoms with E-state index >= 15 is 0 Å². The molecule has 0 bridgehead atoms. The predicted molar refractivity (Wildman–Crippen MR) is 94.2 cm³/mol. The van der Waals surface area contributed by atoms with E-state index < -0.39 is 21.7 Å². The van der Waals surface area contributed by atoms with Crippen LogP contribution in [0.15, 0.2) is 18.2 Å². The number of amides is 2. The number of sulfone groups is 1. The maximum atomic E-state index is 12.3. The molecule has 1 saturated heterocycles. The highest BCUT2D eigenvalue weighted by atomic mass is 35.5. The predicted octanol–water partition coefficient (Wildman–Crippen LogP) is 2.36.